The first-order valence-electron chi connectivity index (χ1n) is 11.6. The maximum atomic E-state index is 13.2. The van der Waals surface area contributed by atoms with Gasteiger partial charge in [-0.15, -0.1) is 0 Å². The molecule has 0 aliphatic carbocycles. The van der Waals surface area contributed by atoms with E-state index < -0.39 is 0 Å². The van der Waals surface area contributed by atoms with Crippen molar-refractivity contribution in [2.24, 2.45) is 0 Å². The molecule has 5 rings (SSSR count). The molecule has 0 N–H and O–H groups in total. The minimum atomic E-state index is -0.0875. The number of likely N-dealkylation sites (N-methyl/N-ethyl adjacent to an activating group) is 1. The Labute approximate surface area is 199 Å². The number of imidazole rings is 1. The number of hydrogen-bond donors (Lipinski definition) is 0. The summed E-state index contributed by atoms with van der Waals surface area (Å²) in [4.78, 5) is 34.7. The van der Waals surface area contributed by atoms with Gasteiger partial charge in [0.2, 0.25) is 11.8 Å². The third-order valence-corrected chi connectivity index (χ3v) is 6.50. The fourth-order valence-electron chi connectivity index (χ4n) is 4.85. The van der Waals surface area contributed by atoms with Crippen molar-refractivity contribution in [1.82, 2.24) is 9.55 Å². The summed E-state index contributed by atoms with van der Waals surface area (Å²) in [6, 6.07) is 23.7. The van der Waals surface area contributed by atoms with Crippen molar-refractivity contribution in [3.8, 4) is 0 Å². The molecule has 3 aromatic carbocycles. The van der Waals surface area contributed by atoms with Crippen LogP contribution < -0.4 is 9.80 Å². The molecule has 1 atom stereocenters. The Bertz CT molecular complexity index is 1360. The van der Waals surface area contributed by atoms with E-state index in [-0.39, 0.29) is 24.3 Å². The van der Waals surface area contributed by atoms with Gasteiger partial charge in [-0.3, -0.25) is 9.59 Å². The number of hydrogen-bond acceptors (Lipinski definition) is 3. The third-order valence-electron chi connectivity index (χ3n) is 6.50. The van der Waals surface area contributed by atoms with E-state index in [1.165, 1.54) is 0 Å². The van der Waals surface area contributed by atoms with E-state index in [4.69, 9.17) is 4.98 Å². The molecule has 1 aliphatic heterocycles. The topological polar surface area (TPSA) is 58.4 Å². The van der Waals surface area contributed by atoms with Gasteiger partial charge in [0.1, 0.15) is 12.4 Å². The largest absolute Gasteiger partial charge is 0.318 e. The normalized spacial score (nSPS) is 15.8. The molecule has 0 saturated carbocycles. The molecule has 4 aromatic rings. The van der Waals surface area contributed by atoms with E-state index >= 15 is 0 Å². The van der Waals surface area contributed by atoms with E-state index in [1.807, 2.05) is 77.9 Å². The number of anilines is 2. The zero-order valence-corrected chi connectivity index (χ0v) is 19.7. The maximum Gasteiger partial charge on any atom is 0.246 e. The maximum absolute atomic E-state index is 13.2. The van der Waals surface area contributed by atoms with Crippen molar-refractivity contribution in [3.05, 3.63) is 89.7 Å². The molecule has 1 unspecified atom stereocenters. The molecular weight excluding hydrogens is 424 g/mol. The second kappa shape index (κ2) is 8.78. The van der Waals surface area contributed by atoms with Crippen molar-refractivity contribution < 1.29 is 9.59 Å². The van der Waals surface area contributed by atoms with Crippen LogP contribution in [0.15, 0.2) is 72.8 Å². The highest BCUT2D eigenvalue weighted by Crippen LogP contribution is 2.34. The van der Waals surface area contributed by atoms with E-state index in [0.29, 0.717) is 13.0 Å². The SMILES string of the molecule is Cc1cc(C)cc(N2CC(c3nc4ccccc4n3CC(=O)N(C)c3ccccc3)CC2=O)c1. The first-order valence-corrected chi connectivity index (χ1v) is 11.6. The highest BCUT2D eigenvalue weighted by Gasteiger charge is 2.35. The average Bonchev–Trinajstić information content (AvgIpc) is 3.39. The van der Waals surface area contributed by atoms with Crippen molar-refractivity contribution in [3.63, 3.8) is 0 Å². The van der Waals surface area contributed by atoms with Crippen molar-refractivity contribution >= 4 is 34.2 Å². The highest BCUT2D eigenvalue weighted by molar-refractivity contribution is 5.97. The van der Waals surface area contributed by atoms with Crippen LogP contribution in [0.1, 0.15) is 29.3 Å². The van der Waals surface area contributed by atoms with Gasteiger partial charge in [-0.05, 0) is 61.4 Å². The van der Waals surface area contributed by atoms with Gasteiger partial charge in [-0.25, -0.2) is 4.98 Å². The summed E-state index contributed by atoms with van der Waals surface area (Å²) in [5.41, 5.74) is 5.78. The smallest absolute Gasteiger partial charge is 0.246 e. The van der Waals surface area contributed by atoms with Gasteiger partial charge in [0.15, 0.2) is 0 Å². The molecule has 1 saturated heterocycles. The van der Waals surface area contributed by atoms with Crippen LogP contribution in [-0.2, 0) is 16.1 Å². The molecule has 6 nitrogen and oxygen atoms in total. The van der Waals surface area contributed by atoms with Crippen LogP contribution in [0.5, 0.6) is 0 Å². The zero-order chi connectivity index (χ0) is 23.8. The van der Waals surface area contributed by atoms with E-state index in [1.54, 1.807) is 11.9 Å². The molecule has 2 heterocycles. The highest BCUT2D eigenvalue weighted by atomic mass is 16.2. The standard InChI is InChI=1S/C28H28N4O2/c1-19-13-20(2)15-23(14-19)31-17-21(16-26(31)33)28-29-24-11-7-8-12-25(24)32(28)18-27(34)30(3)22-9-5-4-6-10-22/h4-15,21H,16-18H2,1-3H3. The van der Waals surface area contributed by atoms with Gasteiger partial charge in [-0.2, -0.15) is 0 Å². The van der Waals surface area contributed by atoms with Gasteiger partial charge in [-0.1, -0.05) is 36.4 Å². The van der Waals surface area contributed by atoms with Crippen LogP contribution in [0, 0.1) is 13.8 Å². The number of para-hydroxylation sites is 3. The summed E-state index contributed by atoms with van der Waals surface area (Å²) in [6.07, 6.45) is 0.374. The number of nitrogens with zero attached hydrogens (tertiary/aromatic N) is 4. The fourth-order valence-corrected chi connectivity index (χ4v) is 4.85. The number of aryl methyl sites for hydroxylation is 2. The summed E-state index contributed by atoms with van der Waals surface area (Å²) in [6.45, 7) is 4.80. The summed E-state index contributed by atoms with van der Waals surface area (Å²) < 4.78 is 1.99. The van der Waals surface area contributed by atoms with Gasteiger partial charge in [0.25, 0.3) is 0 Å². The molecule has 2 amide bonds. The number of aromatic nitrogens is 2. The fraction of sp³-hybridized carbons (Fsp3) is 0.250. The molecule has 34 heavy (non-hydrogen) atoms. The Morgan fingerprint density at radius 3 is 2.41 bits per heavy atom. The average molecular weight is 453 g/mol. The van der Waals surface area contributed by atoms with Gasteiger partial charge >= 0.3 is 0 Å². The van der Waals surface area contributed by atoms with Crippen molar-refractivity contribution in [2.45, 2.75) is 32.7 Å². The Hall–Kier alpha value is -3.93. The predicted molar refractivity (Wildman–Crippen MR) is 135 cm³/mol. The molecule has 1 aliphatic rings. The molecule has 1 fully saturated rings. The lowest BCUT2D eigenvalue weighted by molar-refractivity contribution is -0.119. The lowest BCUT2D eigenvalue weighted by Crippen LogP contribution is -2.31. The van der Waals surface area contributed by atoms with Crippen LogP contribution in [0.25, 0.3) is 11.0 Å². The monoisotopic (exact) mass is 452 g/mol. The molecule has 0 radical (unpaired) electrons. The minimum absolute atomic E-state index is 0.0360. The Balaban J connectivity index is 1.48. The molecular formula is C28H28N4O2. The summed E-state index contributed by atoms with van der Waals surface area (Å²) in [7, 11) is 1.79. The van der Waals surface area contributed by atoms with Crippen LogP contribution in [0.3, 0.4) is 0 Å². The lowest BCUT2D eigenvalue weighted by atomic mass is 10.1. The first-order chi connectivity index (χ1) is 16.4. The van der Waals surface area contributed by atoms with Crippen LogP contribution >= 0.6 is 0 Å². The quantitative estimate of drug-likeness (QED) is 0.436. The number of amides is 2. The third kappa shape index (κ3) is 4.07. The Morgan fingerprint density at radius 2 is 1.68 bits per heavy atom. The van der Waals surface area contributed by atoms with Crippen LogP contribution in [0.2, 0.25) is 0 Å². The van der Waals surface area contributed by atoms with Gasteiger partial charge in [0.05, 0.1) is 11.0 Å². The second-order valence-corrected chi connectivity index (χ2v) is 9.08. The molecule has 0 spiro atoms. The van der Waals surface area contributed by atoms with E-state index in [0.717, 1.165) is 39.4 Å². The predicted octanol–water partition coefficient (Wildman–Crippen LogP) is 4.84. The first kappa shape index (κ1) is 21.9. The number of rotatable bonds is 5. The van der Waals surface area contributed by atoms with Crippen molar-refractivity contribution in [1.29, 1.82) is 0 Å². The van der Waals surface area contributed by atoms with Crippen LogP contribution in [0.4, 0.5) is 11.4 Å². The minimum Gasteiger partial charge on any atom is -0.318 e. The van der Waals surface area contributed by atoms with Gasteiger partial charge < -0.3 is 14.4 Å². The van der Waals surface area contributed by atoms with Crippen molar-refractivity contribution in [2.75, 3.05) is 23.4 Å². The summed E-state index contributed by atoms with van der Waals surface area (Å²) in [5, 5.41) is 0. The number of carbonyl (C=O) groups is 2. The molecule has 172 valence electrons. The summed E-state index contributed by atoms with van der Waals surface area (Å²) >= 11 is 0. The summed E-state index contributed by atoms with van der Waals surface area (Å²) in [5.74, 6) is 0.749. The lowest BCUT2D eigenvalue weighted by Gasteiger charge is -2.20. The Kier molecular flexibility index (Phi) is 5.65. The molecule has 6 heteroatoms. The Morgan fingerprint density at radius 1 is 1.00 bits per heavy atom. The van der Waals surface area contributed by atoms with Gasteiger partial charge in [0, 0.05) is 37.3 Å². The van der Waals surface area contributed by atoms with E-state index in [9.17, 15) is 9.59 Å². The molecule has 0 bridgehead atoms. The number of carbonyl (C=O) groups excluding carboxylic acids is 2. The molecule has 1 aromatic heterocycles. The number of benzene rings is 3. The second-order valence-electron chi connectivity index (χ2n) is 9.08. The zero-order valence-electron chi connectivity index (χ0n) is 19.7. The van der Waals surface area contributed by atoms with Crippen LogP contribution in [-0.4, -0.2) is 35.0 Å². The number of fused-ring (bicyclic) bond motifs is 1. The van der Waals surface area contributed by atoms with E-state index in [2.05, 4.69) is 18.2 Å².